The molecule has 0 amide bonds. The molecule has 0 bridgehead atoms. The maximum atomic E-state index is 11.5. The Balaban J connectivity index is 1.83. The monoisotopic (exact) mass is 313 g/mol. The fourth-order valence-corrected chi connectivity index (χ4v) is 3.47. The average Bonchev–Trinajstić information content (AvgIpc) is 2.48. The van der Waals surface area contributed by atoms with E-state index in [1.165, 1.54) is 77.0 Å². The van der Waals surface area contributed by atoms with Crippen molar-refractivity contribution in [3.05, 3.63) is 5.21 Å². The Bertz CT molecular complexity index is 260. The second-order valence-corrected chi connectivity index (χ2v) is 7.40. The molecule has 132 valence electrons. The van der Waals surface area contributed by atoms with E-state index in [1.54, 1.807) is 0 Å². The molecule has 0 aromatic carbocycles. The molecule has 1 saturated heterocycles. The van der Waals surface area contributed by atoms with E-state index >= 15 is 0 Å². The summed E-state index contributed by atoms with van der Waals surface area (Å²) in [6, 6.07) is 0. The largest absolute Gasteiger partial charge is 0.634 e. The second kappa shape index (κ2) is 12.3. The minimum Gasteiger partial charge on any atom is -0.634 e. The molecule has 1 heterocycles. The van der Waals surface area contributed by atoms with Crippen LogP contribution in [0, 0.1) is 5.21 Å². The van der Waals surface area contributed by atoms with Gasteiger partial charge in [0, 0.05) is 0 Å². The highest BCUT2D eigenvalue weighted by molar-refractivity contribution is 4.76. The van der Waals surface area contributed by atoms with Crippen LogP contribution in [-0.4, -0.2) is 25.3 Å². The molecule has 1 aliphatic rings. The Morgan fingerprint density at radius 2 is 1.36 bits per heavy atom. The average molecular weight is 314 g/mol. The van der Waals surface area contributed by atoms with Crippen LogP contribution < -0.4 is 5.06 Å². The van der Waals surface area contributed by atoms with Crippen LogP contribution in [0.15, 0.2) is 0 Å². The van der Waals surface area contributed by atoms with Gasteiger partial charge < -0.3 is 15.0 Å². The molecule has 3 nitrogen and oxygen atoms in total. The number of rotatable bonds is 13. The van der Waals surface area contributed by atoms with E-state index in [9.17, 15) is 5.21 Å². The van der Waals surface area contributed by atoms with E-state index < -0.39 is 0 Å². The molecule has 3 heteroatoms. The van der Waals surface area contributed by atoms with Gasteiger partial charge in [-0.3, -0.25) is 0 Å². The fourth-order valence-electron chi connectivity index (χ4n) is 3.47. The molecule has 22 heavy (non-hydrogen) atoms. The van der Waals surface area contributed by atoms with Crippen LogP contribution in [0.5, 0.6) is 0 Å². The van der Waals surface area contributed by atoms with Gasteiger partial charge in [0.05, 0.1) is 6.61 Å². The van der Waals surface area contributed by atoms with Crippen molar-refractivity contribution in [1.29, 1.82) is 0 Å². The van der Waals surface area contributed by atoms with Crippen molar-refractivity contribution < 1.29 is 9.80 Å². The van der Waals surface area contributed by atoms with Gasteiger partial charge in [0.1, 0.15) is 18.7 Å². The number of unbranched alkanes of at least 4 members (excludes halogenated alkanes) is 11. The van der Waals surface area contributed by atoms with Gasteiger partial charge in [-0.1, -0.05) is 84.0 Å². The molecule has 0 spiro atoms. The third-order valence-electron chi connectivity index (χ3n) is 4.96. The summed E-state index contributed by atoms with van der Waals surface area (Å²) in [6.45, 7) is 6.27. The van der Waals surface area contributed by atoms with E-state index in [0.717, 1.165) is 6.42 Å². The fraction of sp³-hybridized carbons (Fsp3) is 1.00. The van der Waals surface area contributed by atoms with Crippen LogP contribution in [-0.2, 0) is 4.74 Å². The molecule has 0 aromatic heterocycles. The molecule has 1 aliphatic heterocycles. The molecule has 0 aliphatic carbocycles. The predicted octanol–water partition coefficient (Wildman–Crippen LogP) is 4.25. The zero-order chi connectivity index (χ0) is 16.1. The molecule has 1 fully saturated rings. The Hall–Kier alpha value is -0.120. The first-order chi connectivity index (χ1) is 10.7. The third kappa shape index (κ3) is 9.81. The lowest BCUT2D eigenvalue weighted by molar-refractivity contribution is -0.866. The first kappa shape index (κ1) is 19.9. The molecule has 2 atom stereocenters. The lowest BCUT2D eigenvalue weighted by Gasteiger charge is -2.39. The van der Waals surface area contributed by atoms with Crippen molar-refractivity contribution in [3.8, 4) is 0 Å². The highest BCUT2D eigenvalue weighted by atomic mass is 16.5. The van der Waals surface area contributed by atoms with Gasteiger partial charge in [0.2, 0.25) is 0 Å². The summed E-state index contributed by atoms with van der Waals surface area (Å²) in [5.41, 5.74) is -0.159. The van der Waals surface area contributed by atoms with Crippen molar-refractivity contribution in [2.45, 2.75) is 103 Å². The van der Waals surface area contributed by atoms with E-state index in [4.69, 9.17) is 4.74 Å². The van der Waals surface area contributed by atoms with E-state index in [-0.39, 0.29) is 5.60 Å². The van der Waals surface area contributed by atoms with Crippen molar-refractivity contribution in [3.63, 3.8) is 0 Å². The number of hydrogen-bond donors (Lipinski definition) is 1. The molecular weight excluding hydrogens is 274 g/mol. The summed E-state index contributed by atoms with van der Waals surface area (Å²) in [7, 11) is 0. The lowest BCUT2D eigenvalue weighted by atomic mass is 9.96. The molecule has 0 radical (unpaired) electrons. The van der Waals surface area contributed by atoms with E-state index in [2.05, 4.69) is 13.8 Å². The maximum Gasteiger partial charge on any atom is 0.115 e. The first-order valence-electron chi connectivity index (χ1n) is 9.82. The summed E-state index contributed by atoms with van der Waals surface area (Å²) < 4.78 is 5.81. The number of nitrogens with one attached hydrogen (secondary N) is 1. The van der Waals surface area contributed by atoms with Gasteiger partial charge in [0.25, 0.3) is 0 Å². The van der Waals surface area contributed by atoms with Crippen molar-refractivity contribution in [1.82, 2.24) is 0 Å². The standard InChI is InChI=1S/C19H39NO2/c1-3-4-5-6-7-8-9-10-11-12-13-14-15-19(2)18-20(21)16-17-22-19/h20H,3-18H2,1-2H3. The highest BCUT2D eigenvalue weighted by Crippen LogP contribution is 2.20. The highest BCUT2D eigenvalue weighted by Gasteiger charge is 2.31. The topological polar surface area (TPSA) is 36.7 Å². The predicted molar refractivity (Wildman–Crippen MR) is 94.1 cm³/mol. The van der Waals surface area contributed by atoms with Gasteiger partial charge >= 0.3 is 0 Å². The summed E-state index contributed by atoms with van der Waals surface area (Å²) in [5.74, 6) is 0. The summed E-state index contributed by atoms with van der Waals surface area (Å²) in [4.78, 5) is 0. The minimum absolute atomic E-state index is 0.159. The zero-order valence-electron chi connectivity index (χ0n) is 15.1. The van der Waals surface area contributed by atoms with Crippen LogP contribution in [0.2, 0.25) is 0 Å². The van der Waals surface area contributed by atoms with Crippen molar-refractivity contribution in [2.75, 3.05) is 19.7 Å². The maximum absolute atomic E-state index is 11.5. The molecule has 1 N–H and O–H groups in total. The van der Waals surface area contributed by atoms with Crippen molar-refractivity contribution in [2.24, 2.45) is 0 Å². The van der Waals surface area contributed by atoms with Crippen LogP contribution in [0.25, 0.3) is 0 Å². The SMILES string of the molecule is CCCCCCCCCCCCCCC1(C)C[NH+]([O-])CCO1. The lowest BCUT2D eigenvalue weighted by Crippen LogP contribution is -3.11. The van der Waals surface area contributed by atoms with E-state index in [1.807, 2.05) is 0 Å². The molecule has 1 rings (SSSR count). The van der Waals surface area contributed by atoms with Crippen LogP contribution in [0.3, 0.4) is 0 Å². The van der Waals surface area contributed by atoms with Crippen molar-refractivity contribution >= 4 is 0 Å². The normalized spacial score (nSPS) is 25.5. The zero-order valence-corrected chi connectivity index (χ0v) is 15.1. The number of quaternary nitrogens is 1. The van der Waals surface area contributed by atoms with Gasteiger partial charge in [-0.15, -0.1) is 0 Å². The van der Waals surface area contributed by atoms with E-state index in [0.29, 0.717) is 24.8 Å². The Morgan fingerprint density at radius 1 is 0.864 bits per heavy atom. The molecular formula is C19H39NO2. The van der Waals surface area contributed by atoms with Gasteiger partial charge in [-0.2, -0.15) is 0 Å². The third-order valence-corrected chi connectivity index (χ3v) is 4.96. The summed E-state index contributed by atoms with van der Waals surface area (Å²) in [5, 5.41) is 11.9. The van der Waals surface area contributed by atoms with Crippen LogP contribution in [0.4, 0.5) is 0 Å². The minimum atomic E-state index is -0.159. The number of ether oxygens (including phenoxy) is 1. The molecule has 0 saturated carbocycles. The summed E-state index contributed by atoms with van der Waals surface area (Å²) >= 11 is 0. The van der Waals surface area contributed by atoms with Gasteiger partial charge in [-0.05, 0) is 13.3 Å². The number of hydrogen-bond acceptors (Lipinski definition) is 2. The Morgan fingerprint density at radius 3 is 1.86 bits per heavy atom. The quantitative estimate of drug-likeness (QED) is 0.408. The number of hydroxylamine groups is 2. The molecule has 0 aromatic rings. The summed E-state index contributed by atoms with van der Waals surface area (Å²) in [6.07, 6.45) is 17.6. The Kier molecular flexibility index (Phi) is 11.2. The van der Waals surface area contributed by atoms with Gasteiger partial charge in [0.15, 0.2) is 0 Å². The Labute approximate surface area is 138 Å². The molecule has 2 unspecified atom stereocenters. The second-order valence-electron chi connectivity index (χ2n) is 7.40. The van der Waals surface area contributed by atoms with Crippen LogP contribution in [0.1, 0.15) is 97.3 Å². The van der Waals surface area contributed by atoms with Crippen LogP contribution >= 0.6 is 0 Å². The van der Waals surface area contributed by atoms with Gasteiger partial charge in [-0.25, -0.2) is 0 Å². The first-order valence-corrected chi connectivity index (χ1v) is 9.82. The number of morpholine rings is 1. The smallest absolute Gasteiger partial charge is 0.115 e.